The van der Waals surface area contributed by atoms with Crippen LogP contribution < -0.4 is 4.74 Å². The molecule has 0 fully saturated rings. The molecular weight excluding hydrogens is 271 g/mol. The molecule has 2 atom stereocenters. The van der Waals surface area contributed by atoms with Gasteiger partial charge in [0.2, 0.25) is 0 Å². The van der Waals surface area contributed by atoms with Crippen molar-refractivity contribution in [3.63, 3.8) is 0 Å². The minimum Gasteiger partial charge on any atom is -0.485 e. The molecule has 21 heavy (non-hydrogen) atoms. The molecule has 110 valence electrons. The highest BCUT2D eigenvalue weighted by molar-refractivity contribution is 5.39. The van der Waals surface area contributed by atoms with E-state index >= 15 is 0 Å². The standard InChI is InChI=1S/C17H17FO3/c1-20-10-11-2-4-12(5-3-11)16-9-15(19)14-7-6-13(18)8-17(14)21-16/h2-8,15-16,19H,9-10H2,1H3. The maximum absolute atomic E-state index is 13.3. The van der Waals surface area contributed by atoms with E-state index in [2.05, 4.69) is 0 Å². The number of aliphatic hydroxyl groups excluding tert-OH is 1. The van der Waals surface area contributed by atoms with Crippen LogP contribution >= 0.6 is 0 Å². The normalized spacial score (nSPS) is 20.7. The van der Waals surface area contributed by atoms with Crippen molar-refractivity contribution in [2.45, 2.75) is 25.2 Å². The summed E-state index contributed by atoms with van der Waals surface area (Å²) >= 11 is 0. The zero-order chi connectivity index (χ0) is 14.8. The average molecular weight is 288 g/mol. The molecule has 0 aliphatic carbocycles. The first kappa shape index (κ1) is 14.0. The predicted octanol–water partition coefficient (Wildman–Crippen LogP) is 3.53. The molecule has 3 rings (SSSR count). The van der Waals surface area contributed by atoms with Crippen molar-refractivity contribution in [1.82, 2.24) is 0 Å². The highest BCUT2D eigenvalue weighted by Gasteiger charge is 2.28. The SMILES string of the molecule is COCc1ccc(C2CC(O)c3ccc(F)cc3O2)cc1. The molecule has 1 aliphatic rings. The fraction of sp³-hybridized carbons (Fsp3) is 0.294. The summed E-state index contributed by atoms with van der Waals surface area (Å²) in [6.45, 7) is 0.558. The van der Waals surface area contributed by atoms with Crippen LogP contribution in [-0.2, 0) is 11.3 Å². The van der Waals surface area contributed by atoms with Gasteiger partial charge in [-0.15, -0.1) is 0 Å². The quantitative estimate of drug-likeness (QED) is 0.939. The van der Waals surface area contributed by atoms with E-state index in [1.807, 2.05) is 24.3 Å². The maximum Gasteiger partial charge on any atom is 0.128 e. The van der Waals surface area contributed by atoms with Crippen molar-refractivity contribution >= 4 is 0 Å². The Kier molecular flexibility index (Phi) is 3.90. The summed E-state index contributed by atoms with van der Waals surface area (Å²) in [7, 11) is 1.65. The Morgan fingerprint density at radius 3 is 2.71 bits per heavy atom. The lowest BCUT2D eigenvalue weighted by molar-refractivity contribution is 0.0653. The molecule has 0 aromatic heterocycles. The zero-order valence-electron chi connectivity index (χ0n) is 11.8. The highest BCUT2D eigenvalue weighted by Crippen LogP contribution is 2.40. The third kappa shape index (κ3) is 2.91. The molecule has 0 saturated carbocycles. The predicted molar refractivity (Wildman–Crippen MR) is 76.5 cm³/mol. The molecule has 1 heterocycles. The van der Waals surface area contributed by atoms with Crippen molar-refractivity contribution < 1.29 is 19.0 Å². The van der Waals surface area contributed by atoms with Crippen LogP contribution in [0.3, 0.4) is 0 Å². The van der Waals surface area contributed by atoms with Crippen molar-refractivity contribution in [3.8, 4) is 5.75 Å². The summed E-state index contributed by atoms with van der Waals surface area (Å²) in [5, 5.41) is 10.2. The van der Waals surface area contributed by atoms with E-state index in [0.717, 1.165) is 11.1 Å². The van der Waals surface area contributed by atoms with Gasteiger partial charge in [0.05, 0.1) is 12.7 Å². The summed E-state index contributed by atoms with van der Waals surface area (Å²) in [5.41, 5.74) is 2.68. The van der Waals surface area contributed by atoms with E-state index in [4.69, 9.17) is 9.47 Å². The Morgan fingerprint density at radius 2 is 2.00 bits per heavy atom. The number of aliphatic hydroxyl groups is 1. The number of methoxy groups -OCH3 is 1. The largest absolute Gasteiger partial charge is 0.485 e. The first-order chi connectivity index (χ1) is 10.2. The molecule has 0 saturated heterocycles. The van der Waals surface area contributed by atoms with Crippen LogP contribution in [0.25, 0.3) is 0 Å². The zero-order valence-corrected chi connectivity index (χ0v) is 11.8. The van der Waals surface area contributed by atoms with Gasteiger partial charge in [0.1, 0.15) is 17.7 Å². The Balaban J connectivity index is 1.84. The third-order valence-electron chi connectivity index (χ3n) is 3.70. The molecule has 4 heteroatoms. The fourth-order valence-corrected chi connectivity index (χ4v) is 2.62. The Morgan fingerprint density at radius 1 is 1.24 bits per heavy atom. The van der Waals surface area contributed by atoms with Crippen molar-refractivity contribution in [3.05, 3.63) is 65.0 Å². The molecule has 3 nitrogen and oxygen atoms in total. The number of hydrogen-bond acceptors (Lipinski definition) is 3. The second-order valence-electron chi connectivity index (χ2n) is 5.21. The summed E-state index contributed by atoms with van der Waals surface area (Å²) in [5.74, 6) is 0.0526. The van der Waals surface area contributed by atoms with Gasteiger partial charge in [0.25, 0.3) is 0 Å². The monoisotopic (exact) mass is 288 g/mol. The van der Waals surface area contributed by atoms with Crippen LogP contribution in [0.1, 0.15) is 35.3 Å². The number of fused-ring (bicyclic) bond motifs is 1. The molecule has 0 bridgehead atoms. The van der Waals surface area contributed by atoms with Crippen LogP contribution in [0.5, 0.6) is 5.75 Å². The molecule has 2 aromatic carbocycles. The molecule has 1 aliphatic heterocycles. The van der Waals surface area contributed by atoms with Gasteiger partial charge in [-0.25, -0.2) is 4.39 Å². The van der Waals surface area contributed by atoms with Gasteiger partial charge >= 0.3 is 0 Å². The van der Waals surface area contributed by atoms with Gasteiger partial charge in [0, 0.05) is 25.2 Å². The highest BCUT2D eigenvalue weighted by atomic mass is 19.1. The van der Waals surface area contributed by atoms with Gasteiger partial charge in [-0.1, -0.05) is 24.3 Å². The topological polar surface area (TPSA) is 38.7 Å². The minimum absolute atomic E-state index is 0.272. The number of benzene rings is 2. The molecule has 2 aromatic rings. The van der Waals surface area contributed by atoms with E-state index in [9.17, 15) is 9.50 Å². The molecule has 0 amide bonds. The maximum atomic E-state index is 13.3. The van der Waals surface area contributed by atoms with Gasteiger partial charge in [-0.05, 0) is 23.3 Å². The van der Waals surface area contributed by atoms with Crippen molar-refractivity contribution in [2.24, 2.45) is 0 Å². The van der Waals surface area contributed by atoms with Crippen LogP contribution in [-0.4, -0.2) is 12.2 Å². The number of halogens is 1. The van der Waals surface area contributed by atoms with Crippen LogP contribution in [0.15, 0.2) is 42.5 Å². The van der Waals surface area contributed by atoms with Crippen LogP contribution in [0.4, 0.5) is 4.39 Å². The van der Waals surface area contributed by atoms with E-state index in [0.29, 0.717) is 24.3 Å². The van der Waals surface area contributed by atoms with Crippen LogP contribution in [0, 0.1) is 5.82 Å². The van der Waals surface area contributed by atoms with Gasteiger partial charge in [0.15, 0.2) is 0 Å². The summed E-state index contributed by atoms with van der Waals surface area (Å²) < 4.78 is 24.2. The van der Waals surface area contributed by atoms with E-state index < -0.39 is 6.10 Å². The Hall–Kier alpha value is -1.91. The summed E-state index contributed by atoms with van der Waals surface area (Å²) in [6, 6.07) is 12.1. The lowest BCUT2D eigenvalue weighted by atomic mass is 9.94. The number of ether oxygens (including phenoxy) is 2. The Labute approximate surface area is 122 Å². The second kappa shape index (κ2) is 5.84. The fourth-order valence-electron chi connectivity index (χ4n) is 2.62. The lowest BCUT2D eigenvalue weighted by Gasteiger charge is -2.30. The second-order valence-corrected chi connectivity index (χ2v) is 5.21. The van der Waals surface area contributed by atoms with E-state index in [1.54, 1.807) is 13.2 Å². The van der Waals surface area contributed by atoms with E-state index in [-0.39, 0.29) is 11.9 Å². The first-order valence-electron chi connectivity index (χ1n) is 6.89. The van der Waals surface area contributed by atoms with Crippen molar-refractivity contribution in [1.29, 1.82) is 0 Å². The Bertz CT molecular complexity index is 624. The minimum atomic E-state index is -0.641. The van der Waals surface area contributed by atoms with E-state index in [1.165, 1.54) is 12.1 Å². The lowest BCUT2D eigenvalue weighted by Crippen LogP contribution is -2.19. The average Bonchev–Trinajstić information content (AvgIpc) is 2.48. The first-order valence-corrected chi connectivity index (χ1v) is 6.89. The molecule has 1 N–H and O–H groups in total. The van der Waals surface area contributed by atoms with Gasteiger partial charge in [-0.3, -0.25) is 0 Å². The summed E-state index contributed by atoms with van der Waals surface area (Å²) in [4.78, 5) is 0. The molecule has 0 spiro atoms. The van der Waals surface area contributed by atoms with Gasteiger partial charge in [-0.2, -0.15) is 0 Å². The molecule has 0 radical (unpaired) electrons. The molecular formula is C17H17FO3. The van der Waals surface area contributed by atoms with Crippen molar-refractivity contribution in [2.75, 3.05) is 7.11 Å². The smallest absolute Gasteiger partial charge is 0.128 e. The van der Waals surface area contributed by atoms with Gasteiger partial charge < -0.3 is 14.6 Å². The number of hydrogen-bond donors (Lipinski definition) is 1. The third-order valence-corrected chi connectivity index (χ3v) is 3.70. The van der Waals surface area contributed by atoms with Crippen LogP contribution in [0.2, 0.25) is 0 Å². The summed E-state index contributed by atoms with van der Waals surface area (Å²) in [6.07, 6.45) is -0.452. The number of rotatable bonds is 3. The molecule has 2 unspecified atom stereocenters.